The number of likely N-dealkylation sites (N-methyl/N-ethyl adjacent to an activating group) is 1. The van der Waals surface area contributed by atoms with Crippen LogP contribution >= 0.6 is 24.0 Å². The highest BCUT2D eigenvalue weighted by Crippen LogP contribution is 2.10. The maximum Gasteiger partial charge on any atom is 0.191 e. The molecule has 0 aromatic heterocycles. The van der Waals surface area contributed by atoms with Crippen molar-refractivity contribution in [1.82, 2.24) is 15.5 Å². The average Bonchev–Trinajstić information content (AvgIpc) is 2.55. The van der Waals surface area contributed by atoms with Gasteiger partial charge in [0.2, 0.25) is 0 Å². The molecule has 0 bridgehead atoms. The normalized spacial score (nSPS) is 11.3. The molecule has 0 fully saturated rings. The van der Waals surface area contributed by atoms with Crippen molar-refractivity contribution in [1.29, 1.82) is 0 Å². The molecule has 1 aromatic carbocycles. The lowest BCUT2D eigenvalue weighted by atomic mass is 10.1. The second-order valence-electron chi connectivity index (χ2n) is 5.76. The number of nitrogens with zero attached hydrogens (tertiary/aromatic N) is 2. The molecule has 3 N–H and O–H groups in total. The molecule has 1 aromatic rings. The van der Waals surface area contributed by atoms with Gasteiger partial charge in [0.25, 0.3) is 0 Å². The largest absolute Gasteiger partial charge is 0.508 e. The summed E-state index contributed by atoms with van der Waals surface area (Å²) < 4.78 is 5.07. The summed E-state index contributed by atoms with van der Waals surface area (Å²) in [5.74, 6) is 1.15. The molecule has 0 aliphatic heterocycles. The van der Waals surface area contributed by atoms with Gasteiger partial charge in [0.1, 0.15) is 5.75 Å². The first-order valence-corrected chi connectivity index (χ1v) is 8.63. The first-order chi connectivity index (χ1) is 11.7. The smallest absolute Gasteiger partial charge is 0.191 e. The van der Waals surface area contributed by atoms with Crippen molar-refractivity contribution in [2.24, 2.45) is 4.99 Å². The van der Waals surface area contributed by atoms with Gasteiger partial charge < -0.3 is 25.4 Å². The van der Waals surface area contributed by atoms with E-state index in [4.69, 9.17) is 4.74 Å². The van der Waals surface area contributed by atoms with Crippen molar-refractivity contribution in [3.8, 4) is 5.75 Å². The van der Waals surface area contributed by atoms with E-state index in [0.29, 0.717) is 5.75 Å². The monoisotopic (exact) mass is 464 g/mol. The Balaban J connectivity index is 0.00000576. The van der Waals surface area contributed by atoms with Crippen LogP contribution in [-0.4, -0.2) is 69.5 Å². The number of halogens is 1. The van der Waals surface area contributed by atoms with Gasteiger partial charge in [-0.05, 0) is 44.5 Å². The number of guanidine groups is 1. The summed E-state index contributed by atoms with van der Waals surface area (Å²) >= 11 is 0. The highest BCUT2D eigenvalue weighted by Gasteiger charge is 2.00. The van der Waals surface area contributed by atoms with Crippen molar-refractivity contribution in [3.63, 3.8) is 0 Å². The molecule has 0 aliphatic rings. The molecule has 0 saturated heterocycles. The van der Waals surface area contributed by atoms with Crippen molar-refractivity contribution < 1.29 is 9.84 Å². The molecule has 0 amide bonds. The lowest BCUT2D eigenvalue weighted by Crippen LogP contribution is -2.39. The average molecular weight is 464 g/mol. The second kappa shape index (κ2) is 15.2. The Morgan fingerprint density at radius 2 is 2.08 bits per heavy atom. The predicted octanol–water partition coefficient (Wildman–Crippen LogP) is 2.08. The molecule has 1 rings (SSSR count). The fourth-order valence-electron chi connectivity index (χ4n) is 2.30. The molecule has 0 saturated carbocycles. The van der Waals surface area contributed by atoms with Crippen LogP contribution in [-0.2, 0) is 11.2 Å². The second-order valence-corrected chi connectivity index (χ2v) is 5.76. The standard InChI is InChI=1S/C18H32N4O2.HI/c1-4-19-18(21-11-13-22(2)12-6-14-24-3)20-10-9-16-7-5-8-17(23)15-16;/h5,7-8,15,23H,4,6,9-14H2,1-3H3,(H2,19,20,21);1H. The summed E-state index contributed by atoms with van der Waals surface area (Å²) in [6.07, 6.45) is 1.88. The lowest BCUT2D eigenvalue weighted by Gasteiger charge is -2.16. The Morgan fingerprint density at radius 3 is 2.76 bits per heavy atom. The summed E-state index contributed by atoms with van der Waals surface area (Å²) in [7, 11) is 3.84. The molecule has 0 unspecified atom stereocenters. The van der Waals surface area contributed by atoms with Gasteiger partial charge in [0, 0.05) is 39.9 Å². The fourth-order valence-corrected chi connectivity index (χ4v) is 2.30. The number of phenolic OH excluding ortho intramolecular Hbond substituents is 1. The van der Waals surface area contributed by atoms with Gasteiger partial charge >= 0.3 is 0 Å². The Bertz CT molecular complexity index is 486. The van der Waals surface area contributed by atoms with E-state index in [2.05, 4.69) is 34.5 Å². The van der Waals surface area contributed by atoms with E-state index in [-0.39, 0.29) is 24.0 Å². The number of benzene rings is 1. The number of ether oxygens (including phenoxy) is 1. The number of phenols is 1. The molecule has 144 valence electrons. The van der Waals surface area contributed by atoms with Crippen LogP contribution in [0.1, 0.15) is 18.9 Å². The highest BCUT2D eigenvalue weighted by molar-refractivity contribution is 14.0. The van der Waals surface area contributed by atoms with Crippen LogP contribution in [0.25, 0.3) is 0 Å². The van der Waals surface area contributed by atoms with E-state index in [1.165, 1.54) is 0 Å². The Labute approximate surface area is 169 Å². The Morgan fingerprint density at radius 1 is 1.28 bits per heavy atom. The van der Waals surface area contributed by atoms with E-state index < -0.39 is 0 Å². The summed E-state index contributed by atoms with van der Waals surface area (Å²) in [5, 5.41) is 16.1. The molecule has 0 aliphatic carbocycles. The number of aliphatic imine (C=N–C) groups is 1. The van der Waals surface area contributed by atoms with Crippen LogP contribution in [0, 0.1) is 0 Å². The number of hydrogen-bond acceptors (Lipinski definition) is 4. The van der Waals surface area contributed by atoms with Crippen LogP contribution in [0.15, 0.2) is 29.3 Å². The van der Waals surface area contributed by atoms with Gasteiger partial charge in [0.05, 0.1) is 6.54 Å². The number of nitrogens with one attached hydrogen (secondary N) is 2. The quantitative estimate of drug-likeness (QED) is 0.203. The maximum absolute atomic E-state index is 9.48. The van der Waals surface area contributed by atoms with Crippen molar-refractivity contribution >= 4 is 29.9 Å². The Hall–Kier alpha value is -1.06. The highest BCUT2D eigenvalue weighted by atomic mass is 127. The van der Waals surface area contributed by atoms with Crippen molar-refractivity contribution in [2.45, 2.75) is 19.8 Å². The summed E-state index contributed by atoms with van der Waals surface area (Å²) in [5.41, 5.74) is 1.11. The number of rotatable bonds is 11. The van der Waals surface area contributed by atoms with E-state index in [1.807, 2.05) is 12.1 Å². The third kappa shape index (κ3) is 12.0. The minimum absolute atomic E-state index is 0. The zero-order valence-electron chi connectivity index (χ0n) is 15.6. The van der Waals surface area contributed by atoms with Gasteiger partial charge in [0.15, 0.2) is 5.96 Å². The SMILES string of the molecule is CCNC(=NCCN(C)CCCOC)NCCc1cccc(O)c1.I. The number of hydrogen-bond donors (Lipinski definition) is 3. The van der Waals surface area contributed by atoms with Crippen LogP contribution in [0.3, 0.4) is 0 Å². The molecule has 0 heterocycles. The minimum atomic E-state index is 0. The molecule has 0 atom stereocenters. The van der Waals surface area contributed by atoms with E-state index in [9.17, 15) is 5.11 Å². The fraction of sp³-hybridized carbons (Fsp3) is 0.611. The van der Waals surface area contributed by atoms with Crippen LogP contribution in [0.2, 0.25) is 0 Å². The van der Waals surface area contributed by atoms with Gasteiger partial charge in [-0.3, -0.25) is 4.99 Å². The van der Waals surface area contributed by atoms with Gasteiger partial charge in [-0.15, -0.1) is 24.0 Å². The maximum atomic E-state index is 9.48. The molecular weight excluding hydrogens is 431 g/mol. The third-order valence-corrected chi connectivity index (χ3v) is 3.60. The van der Waals surface area contributed by atoms with Crippen LogP contribution in [0.4, 0.5) is 0 Å². The first kappa shape index (κ1) is 23.9. The summed E-state index contributed by atoms with van der Waals surface area (Å²) in [6.45, 7) is 7.17. The lowest BCUT2D eigenvalue weighted by molar-refractivity contribution is 0.180. The number of methoxy groups -OCH3 is 1. The van der Waals surface area contributed by atoms with E-state index in [1.54, 1.807) is 19.2 Å². The first-order valence-electron chi connectivity index (χ1n) is 8.63. The summed E-state index contributed by atoms with van der Waals surface area (Å²) in [4.78, 5) is 6.87. The zero-order chi connectivity index (χ0) is 17.6. The third-order valence-electron chi connectivity index (χ3n) is 3.60. The van der Waals surface area contributed by atoms with Crippen molar-refractivity contribution in [2.75, 3.05) is 53.5 Å². The molecule has 0 spiro atoms. The zero-order valence-corrected chi connectivity index (χ0v) is 18.0. The molecule has 6 nitrogen and oxygen atoms in total. The topological polar surface area (TPSA) is 69.1 Å². The Kier molecular flexibility index (Phi) is 14.6. The molecule has 0 radical (unpaired) electrons. The van der Waals surface area contributed by atoms with E-state index >= 15 is 0 Å². The van der Waals surface area contributed by atoms with Crippen LogP contribution in [0.5, 0.6) is 5.75 Å². The van der Waals surface area contributed by atoms with Gasteiger partial charge in [-0.2, -0.15) is 0 Å². The minimum Gasteiger partial charge on any atom is -0.508 e. The predicted molar refractivity (Wildman–Crippen MR) is 115 cm³/mol. The van der Waals surface area contributed by atoms with Gasteiger partial charge in [-0.1, -0.05) is 12.1 Å². The molecule has 25 heavy (non-hydrogen) atoms. The molecule has 7 heteroatoms. The molecular formula is C18H33IN4O2. The summed E-state index contributed by atoms with van der Waals surface area (Å²) in [6, 6.07) is 7.36. The van der Waals surface area contributed by atoms with Crippen molar-refractivity contribution in [3.05, 3.63) is 29.8 Å². The van der Waals surface area contributed by atoms with E-state index in [0.717, 1.165) is 63.7 Å². The van der Waals surface area contributed by atoms with Crippen LogP contribution < -0.4 is 10.6 Å². The van der Waals surface area contributed by atoms with Gasteiger partial charge in [-0.25, -0.2) is 0 Å². The number of aromatic hydroxyl groups is 1.